The Morgan fingerprint density at radius 1 is 1.27 bits per heavy atom. The molecule has 2 rings (SSSR count). The maximum atomic E-state index is 12.3. The maximum Gasteiger partial charge on any atom is 0.274 e. The van der Waals surface area contributed by atoms with Crippen molar-refractivity contribution in [1.82, 2.24) is 19.8 Å². The van der Waals surface area contributed by atoms with Crippen molar-refractivity contribution in [3.8, 4) is 0 Å². The quantitative estimate of drug-likeness (QED) is 0.788. The van der Waals surface area contributed by atoms with Gasteiger partial charge < -0.3 is 15.1 Å². The lowest BCUT2D eigenvalue weighted by molar-refractivity contribution is -0.119. The third kappa shape index (κ3) is 4.41. The van der Waals surface area contributed by atoms with Crippen molar-refractivity contribution in [2.45, 2.75) is 20.3 Å². The van der Waals surface area contributed by atoms with Crippen LogP contribution in [0, 0.1) is 5.92 Å². The summed E-state index contributed by atoms with van der Waals surface area (Å²) >= 11 is 0. The zero-order valence-electron chi connectivity index (χ0n) is 13.2. The number of hydrogen-bond donors (Lipinski definition) is 1. The van der Waals surface area contributed by atoms with E-state index in [1.807, 2.05) is 0 Å². The summed E-state index contributed by atoms with van der Waals surface area (Å²) in [5.41, 5.74) is 0.342. The van der Waals surface area contributed by atoms with E-state index in [0.717, 1.165) is 19.4 Å². The summed E-state index contributed by atoms with van der Waals surface area (Å²) < 4.78 is 0. The molecule has 0 aromatic carbocycles. The van der Waals surface area contributed by atoms with Gasteiger partial charge in [0.1, 0.15) is 11.5 Å². The average molecular weight is 305 g/mol. The Bertz CT molecular complexity index is 495. The molecule has 1 aromatic rings. The summed E-state index contributed by atoms with van der Waals surface area (Å²) in [5, 5.41) is 3.19. The Morgan fingerprint density at radius 3 is 2.55 bits per heavy atom. The minimum absolute atomic E-state index is 0.133. The smallest absolute Gasteiger partial charge is 0.274 e. The van der Waals surface area contributed by atoms with E-state index in [2.05, 4.69) is 29.1 Å². The van der Waals surface area contributed by atoms with Crippen LogP contribution in [0.1, 0.15) is 30.8 Å². The summed E-state index contributed by atoms with van der Waals surface area (Å²) in [5.74, 6) is 1.18. The fourth-order valence-corrected chi connectivity index (χ4v) is 2.21. The van der Waals surface area contributed by atoms with Gasteiger partial charge in [0.05, 0.1) is 12.4 Å². The molecule has 22 heavy (non-hydrogen) atoms. The molecule has 1 fully saturated rings. The number of carbonyl (C=O) groups is 2. The molecule has 0 unspecified atom stereocenters. The van der Waals surface area contributed by atoms with Gasteiger partial charge in [0.2, 0.25) is 6.41 Å². The molecular weight excluding hydrogens is 282 g/mol. The van der Waals surface area contributed by atoms with Crippen LogP contribution in [-0.2, 0) is 4.79 Å². The first-order valence-electron chi connectivity index (χ1n) is 7.64. The molecule has 0 bridgehead atoms. The zero-order chi connectivity index (χ0) is 15.9. The fourth-order valence-electron chi connectivity index (χ4n) is 2.21. The van der Waals surface area contributed by atoms with Gasteiger partial charge in [0, 0.05) is 32.7 Å². The van der Waals surface area contributed by atoms with Crippen LogP contribution in [0.15, 0.2) is 12.4 Å². The second-order valence-corrected chi connectivity index (χ2v) is 5.83. The van der Waals surface area contributed by atoms with E-state index in [1.165, 1.54) is 6.20 Å². The van der Waals surface area contributed by atoms with Crippen molar-refractivity contribution < 1.29 is 9.59 Å². The molecule has 2 heterocycles. The SMILES string of the molecule is CC(C)CCNc1cnc(C(=O)N2CCN(C=O)CC2)cn1. The van der Waals surface area contributed by atoms with Crippen LogP contribution in [0.25, 0.3) is 0 Å². The Morgan fingerprint density at radius 2 is 2.00 bits per heavy atom. The van der Waals surface area contributed by atoms with Gasteiger partial charge in [-0.3, -0.25) is 9.59 Å². The van der Waals surface area contributed by atoms with Crippen LogP contribution in [0.3, 0.4) is 0 Å². The van der Waals surface area contributed by atoms with Crippen LogP contribution >= 0.6 is 0 Å². The Labute approximate surface area is 130 Å². The topological polar surface area (TPSA) is 78.4 Å². The normalized spacial score (nSPS) is 15.0. The van der Waals surface area contributed by atoms with Crippen molar-refractivity contribution in [3.63, 3.8) is 0 Å². The highest BCUT2D eigenvalue weighted by Gasteiger charge is 2.22. The zero-order valence-corrected chi connectivity index (χ0v) is 13.2. The van der Waals surface area contributed by atoms with Gasteiger partial charge in [-0.05, 0) is 12.3 Å². The van der Waals surface area contributed by atoms with E-state index in [1.54, 1.807) is 16.0 Å². The van der Waals surface area contributed by atoms with Gasteiger partial charge in [-0.1, -0.05) is 13.8 Å². The number of amides is 2. The summed E-state index contributed by atoms with van der Waals surface area (Å²) in [4.78, 5) is 34.8. The van der Waals surface area contributed by atoms with E-state index >= 15 is 0 Å². The van der Waals surface area contributed by atoms with Gasteiger partial charge >= 0.3 is 0 Å². The van der Waals surface area contributed by atoms with E-state index in [-0.39, 0.29) is 5.91 Å². The molecule has 2 amide bonds. The third-order valence-corrected chi connectivity index (χ3v) is 3.65. The molecule has 7 heteroatoms. The highest BCUT2D eigenvalue weighted by Crippen LogP contribution is 2.08. The largest absolute Gasteiger partial charge is 0.369 e. The maximum absolute atomic E-state index is 12.3. The molecule has 120 valence electrons. The van der Waals surface area contributed by atoms with Crippen LogP contribution in [0.5, 0.6) is 0 Å². The van der Waals surface area contributed by atoms with Crippen molar-refractivity contribution in [2.24, 2.45) is 5.92 Å². The molecule has 0 spiro atoms. The Balaban J connectivity index is 1.87. The van der Waals surface area contributed by atoms with E-state index in [9.17, 15) is 9.59 Å². The van der Waals surface area contributed by atoms with Crippen molar-refractivity contribution in [2.75, 3.05) is 38.0 Å². The van der Waals surface area contributed by atoms with Gasteiger partial charge in [0.15, 0.2) is 0 Å². The third-order valence-electron chi connectivity index (χ3n) is 3.65. The van der Waals surface area contributed by atoms with Crippen molar-refractivity contribution >= 4 is 18.1 Å². The van der Waals surface area contributed by atoms with Crippen LogP contribution in [0.2, 0.25) is 0 Å². The van der Waals surface area contributed by atoms with Crippen LogP contribution < -0.4 is 5.32 Å². The van der Waals surface area contributed by atoms with E-state index in [4.69, 9.17) is 0 Å². The number of nitrogens with zero attached hydrogens (tertiary/aromatic N) is 4. The van der Waals surface area contributed by atoms with Gasteiger partial charge in [-0.25, -0.2) is 9.97 Å². The molecule has 7 nitrogen and oxygen atoms in total. The molecule has 1 saturated heterocycles. The highest BCUT2D eigenvalue weighted by molar-refractivity contribution is 5.92. The summed E-state index contributed by atoms with van der Waals surface area (Å²) in [6.07, 6.45) is 4.98. The van der Waals surface area contributed by atoms with Gasteiger partial charge in [0.25, 0.3) is 5.91 Å². The first kappa shape index (κ1) is 16.2. The standard InChI is InChI=1S/C15H23N5O2/c1-12(2)3-4-16-14-10-17-13(9-18-14)15(22)20-7-5-19(11-21)6-8-20/h9-12H,3-8H2,1-2H3,(H,16,18). The summed E-state index contributed by atoms with van der Waals surface area (Å²) in [7, 11) is 0. The Hall–Kier alpha value is -2.18. The summed E-state index contributed by atoms with van der Waals surface area (Å²) in [6.45, 7) is 7.38. The number of rotatable bonds is 6. The first-order valence-corrected chi connectivity index (χ1v) is 7.64. The molecule has 0 aliphatic carbocycles. The van der Waals surface area contributed by atoms with Crippen molar-refractivity contribution in [3.05, 3.63) is 18.1 Å². The molecule has 1 aliphatic rings. The number of piperazine rings is 1. The average Bonchev–Trinajstić information content (AvgIpc) is 2.54. The van der Waals surface area contributed by atoms with E-state index < -0.39 is 0 Å². The van der Waals surface area contributed by atoms with Gasteiger partial charge in [-0.15, -0.1) is 0 Å². The van der Waals surface area contributed by atoms with Crippen LogP contribution in [0.4, 0.5) is 5.82 Å². The lowest BCUT2D eigenvalue weighted by atomic mass is 10.1. The first-order chi connectivity index (χ1) is 10.6. The number of hydrogen-bond acceptors (Lipinski definition) is 5. The molecule has 1 N–H and O–H groups in total. The predicted molar refractivity (Wildman–Crippen MR) is 83.5 cm³/mol. The lowest BCUT2D eigenvalue weighted by Gasteiger charge is -2.32. The minimum Gasteiger partial charge on any atom is -0.369 e. The van der Waals surface area contributed by atoms with Crippen molar-refractivity contribution in [1.29, 1.82) is 0 Å². The lowest BCUT2D eigenvalue weighted by Crippen LogP contribution is -2.48. The second-order valence-electron chi connectivity index (χ2n) is 5.83. The molecule has 1 aromatic heterocycles. The van der Waals surface area contributed by atoms with Gasteiger partial charge in [-0.2, -0.15) is 0 Å². The molecule has 1 aliphatic heterocycles. The minimum atomic E-state index is -0.133. The monoisotopic (exact) mass is 305 g/mol. The van der Waals surface area contributed by atoms with Crippen LogP contribution in [-0.4, -0.2) is 64.8 Å². The highest BCUT2D eigenvalue weighted by atomic mass is 16.2. The number of nitrogens with one attached hydrogen (secondary N) is 1. The number of aromatic nitrogens is 2. The Kier molecular flexibility index (Phi) is 5.68. The molecule has 0 saturated carbocycles. The molecule has 0 radical (unpaired) electrons. The van der Waals surface area contributed by atoms with E-state index in [0.29, 0.717) is 43.6 Å². The fraction of sp³-hybridized carbons (Fsp3) is 0.600. The number of carbonyl (C=O) groups excluding carboxylic acids is 2. The molecular formula is C15H23N5O2. The predicted octanol–water partition coefficient (Wildman–Crippen LogP) is 0.849. The molecule has 0 atom stereocenters. The number of anilines is 1. The summed E-state index contributed by atoms with van der Waals surface area (Å²) in [6, 6.07) is 0. The second kappa shape index (κ2) is 7.72.